The molecule has 8 heterocycles. The Labute approximate surface area is 534 Å². The van der Waals surface area contributed by atoms with Gasteiger partial charge >= 0.3 is 52.7 Å². The molecule has 0 amide bonds. The third-order valence-corrected chi connectivity index (χ3v) is 11.7. The Balaban J connectivity index is 0.000000339. The summed E-state index contributed by atoms with van der Waals surface area (Å²) in [6, 6.07) is 2.60. The predicted octanol–water partition coefficient (Wildman–Crippen LogP) is 13.7. The molecule has 0 aliphatic heterocycles. The van der Waals surface area contributed by atoms with Gasteiger partial charge in [-0.25, -0.2) is 48.5 Å². The van der Waals surface area contributed by atoms with Crippen molar-refractivity contribution in [1.82, 2.24) is 64.1 Å². The molecule has 0 saturated heterocycles. The van der Waals surface area contributed by atoms with Crippen LogP contribution in [0.1, 0.15) is 68.0 Å². The minimum absolute atomic E-state index is 0. The van der Waals surface area contributed by atoms with Crippen molar-refractivity contribution in [2.45, 2.75) is 114 Å². The summed E-state index contributed by atoms with van der Waals surface area (Å²) in [6.45, 7) is 4.45. The van der Waals surface area contributed by atoms with Crippen molar-refractivity contribution in [3.63, 3.8) is 0 Å². The second-order valence-electron chi connectivity index (χ2n) is 19.2. The van der Waals surface area contributed by atoms with Crippen molar-refractivity contribution in [1.29, 1.82) is 0 Å². The highest BCUT2D eigenvalue weighted by atomic mass is 35.5. The van der Waals surface area contributed by atoms with Crippen LogP contribution in [0.15, 0.2) is 74.0 Å². The van der Waals surface area contributed by atoms with Crippen molar-refractivity contribution in [3.8, 4) is 51.4 Å². The summed E-state index contributed by atoms with van der Waals surface area (Å²) in [4.78, 5) is 46.4. The van der Waals surface area contributed by atoms with E-state index in [0.717, 1.165) is 119 Å². The maximum absolute atomic E-state index is 14.3. The average Bonchev–Trinajstić information content (AvgIpc) is 1.72. The molecular formula is C50H44Cl3F20N15O7. The van der Waals surface area contributed by atoms with Gasteiger partial charge in [0.15, 0.2) is 51.4 Å². The highest BCUT2D eigenvalue weighted by Gasteiger charge is 2.53. The van der Waals surface area contributed by atoms with Crippen molar-refractivity contribution < 1.29 is 121 Å². The van der Waals surface area contributed by atoms with Crippen LogP contribution < -0.4 is 25.5 Å². The second-order valence-corrected chi connectivity index (χ2v) is 20.7. The van der Waals surface area contributed by atoms with E-state index >= 15 is 0 Å². The van der Waals surface area contributed by atoms with Crippen LogP contribution >= 0.6 is 34.8 Å². The first-order chi connectivity index (χ1) is 42.3. The van der Waals surface area contributed by atoms with E-state index in [0.29, 0.717) is 5.82 Å². The molecule has 0 aromatic carbocycles. The van der Waals surface area contributed by atoms with Crippen LogP contribution in [-0.2, 0) is 30.6 Å². The number of carbonyl (C=O) groups excluding carboxylic acids is 2. The van der Waals surface area contributed by atoms with Crippen LogP contribution in [0.3, 0.4) is 0 Å². The highest BCUT2D eigenvalue weighted by molar-refractivity contribution is 6.34. The molecule has 0 aliphatic carbocycles. The van der Waals surface area contributed by atoms with E-state index in [9.17, 15) is 97.4 Å². The van der Waals surface area contributed by atoms with Gasteiger partial charge in [-0.1, -0.05) is 14.9 Å². The fourth-order valence-electron chi connectivity index (χ4n) is 5.96. The molecule has 0 unspecified atom stereocenters. The van der Waals surface area contributed by atoms with E-state index in [1.807, 2.05) is 0 Å². The van der Waals surface area contributed by atoms with Crippen molar-refractivity contribution >= 4 is 63.9 Å². The number of esters is 2. The Morgan fingerprint density at radius 2 is 0.789 bits per heavy atom. The summed E-state index contributed by atoms with van der Waals surface area (Å²) in [6.07, 6.45) is -7.84. The molecular weight excluding hydrogens is 1410 g/mol. The number of carbonyl (C=O) groups is 2. The van der Waals surface area contributed by atoms with Gasteiger partial charge in [-0.3, -0.25) is 23.8 Å². The van der Waals surface area contributed by atoms with Gasteiger partial charge in [0.05, 0.1) is 41.9 Å². The van der Waals surface area contributed by atoms with Crippen LogP contribution in [0.2, 0.25) is 0 Å². The molecule has 8 aromatic heterocycles. The zero-order valence-corrected chi connectivity index (χ0v) is 49.1. The fraction of sp³-hybridized carbons (Fsp3) is 0.380. The minimum Gasteiger partial charge on any atom is -0.460 e. The summed E-state index contributed by atoms with van der Waals surface area (Å²) in [5.74, 6) is -7.40. The lowest BCUT2D eigenvalue weighted by molar-refractivity contribution is -0.237. The normalized spacial score (nSPS) is 12.5. The number of anilines is 1. The van der Waals surface area contributed by atoms with Crippen molar-refractivity contribution in [2.24, 2.45) is 5.84 Å². The van der Waals surface area contributed by atoms with Crippen LogP contribution in [0.5, 0.6) is 17.6 Å². The number of pyridine rings is 3. The highest BCUT2D eigenvalue weighted by Crippen LogP contribution is 2.39. The van der Waals surface area contributed by atoms with Gasteiger partial charge in [0.25, 0.3) is 17.6 Å². The van der Waals surface area contributed by atoms with E-state index in [4.69, 9.17) is 17.4 Å². The maximum atomic E-state index is 14.3. The van der Waals surface area contributed by atoms with Crippen molar-refractivity contribution in [3.05, 3.63) is 103 Å². The first-order valence-corrected chi connectivity index (χ1v) is 25.3. The molecule has 3 N–H and O–H groups in total. The van der Waals surface area contributed by atoms with E-state index in [2.05, 4.69) is 108 Å². The standard InChI is InChI=1S/C16H13F6N5O2.C15H10ClF6N5O.C13H13F4N5O.C4Cl2F4O3.2CH4/c1-14(2,16(20,21)22)29-12-9(17)4-8(5-24-12)10-7-27-11(6-23-10)25-26-13(27)15(18,19)28-3;1-13(2,15(20,21)22)28-11-8(17)3-7(4-24-11)9-6-27-10(5-23-9)25-26-12(27)14(16,18)19;1-12(2,13(15,16)17)23-11-8(14)3-7(4-21-11)9-5-20-10(22-18)6-19-9;5-3(7,8)1(11)13-2(12)4(6,9)10;;/h4-7H,1-3H3;3-6H,1-2H3;3-6H,18H2,1-2H3,(H,20,22);;2*1H4. The molecule has 0 aliphatic rings. The first kappa shape index (κ1) is 80.6. The van der Waals surface area contributed by atoms with Gasteiger partial charge < -0.3 is 29.1 Å². The smallest absolute Gasteiger partial charge is 0.427 e. The van der Waals surface area contributed by atoms with Crippen LogP contribution in [0.4, 0.5) is 93.6 Å². The molecule has 95 heavy (non-hydrogen) atoms. The van der Waals surface area contributed by atoms with Gasteiger partial charge in [-0.2, -0.15) is 74.6 Å². The Morgan fingerprint density at radius 1 is 0.463 bits per heavy atom. The number of hydrogen-bond acceptors (Lipinski definition) is 20. The predicted molar refractivity (Wildman–Crippen MR) is 290 cm³/mol. The fourth-order valence-corrected chi connectivity index (χ4v) is 6.16. The van der Waals surface area contributed by atoms with Crippen molar-refractivity contribution in [2.75, 3.05) is 12.5 Å². The summed E-state index contributed by atoms with van der Waals surface area (Å²) in [5.41, 5.74) is -5.26. The van der Waals surface area contributed by atoms with E-state index in [1.54, 1.807) is 0 Å². The molecule has 8 rings (SSSR count). The zero-order chi connectivity index (χ0) is 70.6. The largest absolute Gasteiger partial charge is 0.460 e. The topological polar surface area (TPSA) is 269 Å². The average molecular weight is 1450 g/mol. The molecule has 0 bridgehead atoms. The molecule has 0 spiro atoms. The lowest BCUT2D eigenvalue weighted by Gasteiger charge is -2.28. The lowest BCUT2D eigenvalue weighted by Crippen LogP contribution is -2.45. The SMILES string of the molecule is C.C.CC(C)(Oc1ncc(-c2cn3c(C(F)(F)Cl)nnc3cn2)cc1F)C(F)(F)F.CC(C)(Oc1ncc(-c2cnc(NN)cn2)cc1F)C(F)(F)F.COC(F)(F)c1nnc2cnc(-c3cnc(OC(C)(C)C(F)(F)F)c(F)c3)cn12.O=C(OC(=O)C(F)(F)Cl)C(F)(F)Cl. The Hall–Kier alpha value is -8.64. The number of fused-ring (bicyclic) bond motifs is 2. The van der Waals surface area contributed by atoms with Crippen LogP contribution in [0, 0.1) is 17.5 Å². The van der Waals surface area contributed by atoms with Gasteiger partial charge in [-0.05, 0) is 94.5 Å². The lowest BCUT2D eigenvalue weighted by atomic mass is 10.1. The summed E-state index contributed by atoms with van der Waals surface area (Å²) < 4.78 is 282. The molecule has 0 fully saturated rings. The van der Waals surface area contributed by atoms with Crippen LogP contribution in [0.25, 0.3) is 45.1 Å². The number of ether oxygens (including phenoxy) is 5. The van der Waals surface area contributed by atoms with Crippen LogP contribution in [-0.4, -0.2) is 129 Å². The molecule has 0 atom stereocenters. The number of methoxy groups -OCH3 is 1. The number of alkyl halides is 20. The molecule has 0 radical (unpaired) electrons. The molecule has 22 nitrogen and oxygen atoms in total. The second kappa shape index (κ2) is 29.6. The number of rotatable bonds is 15. The van der Waals surface area contributed by atoms with Gasteiger partial charge in [0.2, 0.25) is 11.6 Å². The summed E-state index contributed by atoms with van der Waals surface area (Å²) in [7, 11) is 0.781. The van der Waals surface area contributed by atoms with Gasteiger partial charge in [-0.15, -0.1) is 20.4 Å². The zero-order valence-electron chi connectivity index (χ0n) is 46.9. The first-order valence-electron chi connectivity index (χ1n) is 24.2. The number of nitrogens with zero attached hydrogens (tertiary/aromatic N) is 13. The van der Waals surface area contributed by atoms with Gasteiger partial charge in [0.1, 0.15) is 0 Å². The summed E-state index contributed by atoms with van der Waals surface area (Å²) in [5, 5.41) is 0.737. The van der Waals surface area contributed by atoms with E-state index < -0.39 is 116 Å². The number of aromatic nitrogens is 13. The third kappa shape index (κ3) is 20.2. The van der Waals surface area contributed by atoms with E-state index in [-0.39, 0.29) is 59.9 Å². The third-order valence-electron chi connectivity index (χ3n) is 11.2. The number of hydrazine groups is 1. The minimum atomic E-state index is -4.76. The monoisotopic (exact) mass is 1450 g/mol. The number of hydrogen-bond donors (Lipinski definition) is 2. The Bertz CT molecular complexity index is 3940. The summed E-state index contributed by atoms with van der Waals surface area (Å²) >= 11 is 13.0. The Kier molecular flexibility index (Phi) is 25.1. The molecule has 8 aromatic rings. The molecule has 45 heteroatoms. The number of halogens is 23. The number of nitrogens with two attached hydrogens (primary N) is 1. The number of nitrogen functional groups attached to an aromatic ring is 1. The quantitative estimate of drug-likeness (QED) is 0.0241. The van der Waals surface area contributed by atoms with E-state index in [1.165, 1.54) is 12.4 Å². The molecule has 0 saturated carbocycles. The van der Waals surface area contributed by atoms with Gasteiger partial charge in [0, 0.05) is 54.8 Å². The molecule has 522 valence electrons. The maximum Gasteiger partial charge on any atom is 0.427 e. The number of nitrogens with one attached hydrogen (secondary N) is 1. The Morgan fingerprint density at radius 3 is 1.07 bits per heavy atom.